The zero-order chi connectivity index (χ0) is 14.1. The van der Waals surface area contributed by atoms with Crippen LogP contribution >= 0.6 is 0 Å². The van der Waals surface area contributed by atoms with Gasteiger partial charge in [-0.1, -0.05) is 18.2 Å². The molecule has 20 heavy (non-hydrogen) atoms. The van der Waals surface area contributed by atoms with Gasteiger partial charge in [0.05, 0.1) is 0 Å². The number of carbonyl (C=O) groups is 1. The van der Waals surface area contributed by atoms with Crippen molar-refractivity contribution in [1.29, 1.82) is 0 Å². The quantitative estimate of drug-likeness (QED) is 0.888. The fraction of sp³-hybridized carbons (Fsp3) is 0.562. The molecule has 1 aromatic carbocycles. The summed E-state index contributed by atoms with van der Waals surface area (Å²) in [6.07, 6.45) is 2.99. The summed E-state index contributed by atoms with van der Waals surface area (Å²) in [5.74, 6) is 0.262. The van der Waals surface area contributed by atoms with Crippen molar-refractivity contribution < 1.29 is 4.79 Å². The first kappa shape index (κ1) is 13.4. The molecule has 0 saturated carbocycles. The van der Waals surface area contributed by atoms with Crippen LogP contribution in [0.5, 0.6) is 0 Å². The lowest BCUT2D eigenvalue weighted by molar-refractivity contribution is -0.133. The van der Waals surface area contributed by atoms with Gasteiger partial charge in [-0.15, -0.1) is 0 Å². The van der Waals surface area contributed by atoms with E-state index in [9.17, 15) is 4.79 Å². The van der Waals surface area contributed by atoms with E-state index < -0.39 is 0 Å². The SMILES string of the molecule is CN(C)C1CCN(C(=O)C2Cc3ccccc3N2)CC1. The fourth-order valence-corrected chi connectivity index (χ4v) is 3.27. The number of hydrogen-bond donors (Lipinski definition) is 1. The number of benzene rings is 1. The highest BCUT2D eigenvalue weighted by atomic mass is 16.2. The van der Waals surface area contributed by atoms with E-state index in [4.69, 9.17) is 0 Å². The lowest BCUT2D eigenvalue weighted by atomic mass is 10.0. The Morgan fingerprint density at radius 2 is 1.95 bits per heavy atom. The predicted molar refractivity (Wildman–Crippen MR) is 80.8 cm³/mol. The molecule has 0 aromatic heterocycles. The normalized spacial score (nSPS) is 22.8. The molecule has 1 atom stereocenters. The molecule has 1 amide bonds. The van der Waals surface area contributed by atoms with Crippen molar-refractivity contribution in [3.05, 3.63) is 29.8 Å². The standard InChI is InChI=1S/C16H23N3O/c1-18(2)13-7-9-19(10-8-13)16(20)15-11-12-5-3-4-6-14(12)17-15/h3-6,13,15,17H,7-11H2,1-2H3. The van der Waals surface area contributed by atoms with Crippen molar-refractivity contribution in [3.63, 3.8) is 0 Å². The highest BCUT2D eigenvalue weighted by molar-refractivity contribution is 5.87. The molecular weight excluding hydrogens is 250 g/mol. The van der Waals surface area contributed by atoms with Gasteiger partial charge in [-0.05, 0) is 38.6 Å². The van der Waals surface area contributed by atoms with Gasteiger partial charge in [0.15, 0.2) is 0 Å². The molecule has 1 N–H and O–H groups in total. The molecule has 2 heterocycles. The van der Waals surface area contributed by atoms with Gasteiger partial charge in [-0.25, -0.2) is 0 Å². The maximum absolute atomic E-state index is 12.6. The first-order valence-electron chi connectivity index (χ1n) is 7.45. The van der Waals surface area contributed by atoms with Crippen LogP contribution in [-0.2, 0) is 11.2 Å². The smallest absolute Gasteiger partial charge is 0.245 e. The summed E-state index contributed by atoms with van der Waals surface area (Å²) < 4.78 is 0. The van der Waals surface area contributed by atoms with Crippen LogP contribution in [0.2, 0.25) is 0 Å². The van der Waals surface area contributed by atoms with E-state index in [1.807, 2.05) is 17.0 Å². The number of likely N-dealkylation sites (tertiary alicyclic amines) is 1. The zero-order valence-corrected chi connectivity index (χ0v) is 12.3. The molecule has 1 fully saturated rings. The molecule has 4 nitrogen and oxygen atoms in total. The van der Waals surface area contributed by atoms with Gasteiger partial charge in [0, 0.05) is 31.2 Å². The van der Waals surface area contributed by atoms with Crippen LogP contribution < -0.4 is 5.32 Å². The molecule has 1 unspecified atom stereocenters. The lowest BCUT2D eigenvalue weighted by Gasteiger charge is -2.36. The van der Waals surface area contributed by atoms with Gasteiger partial charge in [-0.3, -0.25) is 4.79 Å². The Labute approximate surface area is 120 Å². The molecule has 108 valence electrons. The molecule has 0 aliphatic carbocycles. The number of rotatable bonds is 2. The highest BCUT2D eigenvalue weighted by Crippen LogP contribution is 2.26. The Bertz CT molecular complexity index is 467. The number of piperidine rings is 1. The van der Waals surface area contributed by atoms with E-state index >= 15 is 0 Å². The van der Waals surface area contributed by atoms with Crippen molar-refractivity contribution in [2.75, 3.05) is 32.5 Å². The summed E-state index contributed by atoms with van der Waals surface area (Å²) in [6.45, 7) is 1.77. The van der Waals surface area contributed by atoms with Crippen LogP contribution in [0.15, 0.2) is 24.3 Å². The van der Waals surface area contributed by atoms with Gasteiger partial charge < -0.3 is 15.1 Å². The van der Waals surface area contributed by atoms with Crippen LogP contribution in [0.4, 0.5) is 5.69 Å². The van der Waals surface area contributed by atoms with Crippen LogP contribution in [-0.4, -0.2) is 55.0 Å². The molecule has 0 spiro atoms. The fourth-order valence-electron chi connectivity index (χ4n) is 3.27. The summed E-state index contributed by atoms with van der Waals surface area (Å²) in [5, 5.41) is 3.36. The predicted octanol–water partition coefficient (Wildman–Crippen LogP) is 1.58. The third-order valence-electron chi connectivity index (χ3n) is 4.58. The maximum atomic E-state index is 12.6. The largest absolute Gasteiger partial charge is 0.373 e. The second kappa shape index (κ2) is 5.44. The first-order chi connectivity index (χ1) is 9.65. The van der Waals surface area contributed by atoms with Gasteiger partial charge in [-0.2, -0.15) is 0 Å². The Balaban J connectivity index is 1.59. The number of carbonyl (C=O) groups excluding carboxylic acids is 1. The van der Waals surface area contributed by atoms with Crippen LogP contribution in [0.3, 0.4) is 0 Å². The summed E-state index contributed by atoms with van der Waals surface area (Å²) in [7, 11) is 4.24. The van der Waals surface area contributed by atoms with E-state index in [-0.39, 0.29) is 11.9 Å². The van der Waals surface area contributed by atoms with Crippen LogP contribution in [0.1, 0.15) is 18.4 Å². The number of amides is 1. The monoisotopic (exact) mass is 273 g/mol. The lowest BCUT2D eigenvalue weighted by Crippen LogP contribution is -2.49. The minimum absolute atomic E-state index is 0.0664. The minimum Gasteiger partial charge on any atom is -0.373 e. The Morgan fingerprint density at radius 3 is 2.60 bits per heavy atom. The summed E-state index contributed by atoms with van der Waals surface area (Å²) >= 11 is 0. The number of nitrogens with zero attached hydrogens (tertiary/aromatic N) is 2. The second-order valence-corrected chi connectivity index (χ2v) is 6.08. The van der Waals surface area contributed by atoms with Crippen molar-refractivity contribution in [2.45, 2.75) is 31.3 Å². The van der Waals surface area contributed by atoms with Crippen molar-refractivity contribution in [2.24, 2.45) is 0 Å². The molecule has 2 aliphatic rings. The molecule has 0 bridgehead atoms. The van der Waals surface area contributed by atoms with Crippen molar-refractivity contribution in [3.8, 4) is 0 Å². The average Bonchev–Trinajstić information content (AvgIpc) is 2.90. The van der Waals surface area contributed by atoms with Crippen molar-refractivity contribution >= 4 is 11.6 Å². The molecular formula is C16H23N3O. The minimum atomic E-state index is -0.0664. The molecule has 4 heteroatoms. The van der Waals surface area contributed by atoms with E-state index in [0.29, 0.717) is 6.04 Å². The highest BCUT2D eigenvalue weighted by Gasteiger charge is 2.32. The third kappa shape index (κ3) is 2.52. The first-order valence-corrected chi connectivity index (χ1v) is 7.45. The molecule has 1 saturated heterocycles. The summed E-state index contributed by atoms with van der Waals surface area (Å²) in [4.78, 5) is 16.9. The number of para-hydroxylation sites is 1. The second-order valence-electron chi connectivity index (χ2n) is 6.08. The van der Waals surface area contributed by atoms with Crippen LogP contribution in [0, 0.1) is 0 Å². The van der Waals surface area contributed by atoms with E-state index in [1.54, 1.807) is 0 Å². The Hall–Kier alpha value is -1.55. The third-order valence-corrected chi connectivity index (χ3v) is 4.58. The number of fused-ring (bicyclic) bond motifs is 1. The number of nitrogens with one attached hydrogen (secondary N) is 1. The Kier molecular flexibility index (Phi) is 3.66. The van der Waals surface area contributed by atoms with Gasteiger partial charge in [0.2, 0.25) is 5.91 Å². The van der Waals surface area contributed by atoms with Crippen LogP contribution in [0.25, 0.3) is 0 Å². The molecule has 0 radical (unpaired) electrons. The Morgan fingerprint density at radius 1 is 1.25 bits per heavy atom. The van der Waals surface area contributed by atoms with Gasteiger partial charge >= 0.3 is 0 Å². The number of anilines is 1. The zero-order valence-electron chi connectivity index (χ0n) is 12.3. The van der Waals surface area contributed by atoms with E-state index in [0.717, 1.165) is 38.0 Å². The number of hydrogen-bond acceptors (Lipinski definition) is 3. The molecule has 1 aromatic rings. The summed E-state index contributed by atoms with van der Waals surface area (Å²) in [6, 6.07) is 8.77. The van der Waals surface area contributed by atoms with Crippen molar-refractivity contribution in [1.82, 2.24) is 9.80 Å². The summed E-state index contributed by atoms with van der Waals surface area (Å²) in [5.41, 5.74) is 2.38. The molecule has 3 rings (SSSR count). The van der Waals surface area contributed by atoms with Gasteiger partial charge in [0.25, 0.3) is 0 Å². The van der Waals surface area contributed by atoms with E-state index in [2.05, 4.69) is 36.4 Å². The average molecular weight is 273 g/mol. The van der Waals surface area contributed by atoms with Gasteiger partial charge in [0.1, 0.15) is 6.04 Å². The van der Waals surface area contributed by atoms with E-state index in [1.165, 1.54) is 5.56 Å². The maximum Gasteiger partial charge on any atom is 0.245 e. The molecule has 2 aliphatic heterocycles. The topological polar surface area (TPSA) is 35.6 Å².